The fraction of sp³-hybridized carbons (Fsp3) is 0.857. The second kappa shape index (κ2) is 9.45. The summed E-state index contributed by atoms with van der Waals surface area (Å²) in [5.41, 5.74) is 0. The highest BCUT2D eigenvalue weighted by atomic mass is 127. The van der Waals surface area contributed by atoms with Crippen molar-refractivity contribution in [1.82, 2.24) is 15.5 Å². The van der Waals surface area contributed by atoms with E-state index in [4.69, 9.17) is 4.74 Å². The van der Waals surface area contributed by atoms with Crippen molar-refractivity contribution in [3.63, 3.8) is 0 Å². The molecule has 2 rings (SSSR count). The van der Waals surface area contributed by atoms with Gasteiger partial charge in [-0.2, -0.15) is 0 Å². The van der Waals surface area contributed by atoms with Crippen LogP contribution in [0.5, 0.6) is 0 Å². The molecule has 1 unspecified atom stereocenters. The highest BCUT2D eigenvalue weighted by Gasteiger charge is 2.22. The van der Waals surface area contributed by atoms with E-state index >= 15 is 0 Å². The van der Waals surface area contributed by atoms with Crippen molar-refractivity contribution >= 4 is 35.8 Å². The van der Waals surface area contributed by atoms with Crippen LogP contribution < -0.4 is 10.6 Å². The Morgan fingerprint density at radius 3 is 2.52 bits per heavy atom. The summed E-state index contributed by atoms with van der Waals surface area (Å²) in [5, 5.41) is 6.59. The Morgan fingerprint density at radius 2 is 1.95 bits per heavy atom. The minimum Gasteiger partial charge on any atom is -0.376 e. The zero-order valence-corrected chi connectivity index (χ0v) is 15.3. The van der Waals surface area contributed by atoms with Gasteiger partial charge >= 0.3 is 0 Å². The lowest BCUT2D eigenvalue weighted by molar-refractivity contribution is -0.127. The molecule has 0 bridgehead atoms. The maximum Gasteiger partial charge on any atom is 0.243 e. The van der Waals surface area contributed by atoms with Crippen LogP contribution in [0.15, 0.2) is 4.99 Å². The van der Waals surface area contributed by atoms with Crippen molar-refractivity contribution in [3.8, 4) is 0 Å². The maximum absolute atomic E-state index is 11.6. The van der Waals surface area contributed by atoms with Crippen molar-refractivity contribution in [2.75, 3.05) is 40.3 Å². The van der Waals surface area contributed by atoms with Gasteiger partial charge in [0, 0.05) is 33.8 Å². The lowest BCUT2D eigenvalue weighted by Crippen LogP contribution is -2.42. The molecule has 6 nitrogen and oxygen atoms in total. The second-order valence-corrected chi connectivity index (χ2v) is 5.79. The largest absolute Gasteiger partial charge is 0.376 e. The number of likely N-dealkylation sites (N-methyl/N-ethyl adjacent to an activating group) is 1. The predicted molar refractivity (Wildman–Crippen MR) is 94.1 cm³/mol. The molecule has 1 atom stereocenters. The molecular formula is C14H27IN4O2. The first-order valence-electron chi connectivity index (χ1n) is 7.49. The van der Waals surface area contributed by atoms with Crippen molar-refractivity contribution < 1.29 is 9.53 Å². The minimum atomic E-state index is 0. The molecule has 2 fully saturated rings. The molecule has 2 aliphatic rings. The van der Waals surface area contributed by atoms with Crippen molar-refractivity contribution in [2.45, 2.75) is 31.8 Å². The molecular weight excluding hydrogens is 383 g/mol. The number of aliphatic imine (C=N–C) groups is 1. The van der Waals surface area contributed by atoms with E-state index < -0.39 is 0 Å². The topological polar surface area (TPSA) is 66.0 Å². The number of hydrogen-bond donors (Lipinski definition) is 2. The third-order valence-corrected chi connectivity index (χ3v) is 3.65. The number of nitrogens with zero attached hydrogens (tertiary/aromatic N) is 2. The average Bonchev–Trinajstić information content (AvgIpc) is 3.11. The number of carbonyl (C=O) groups excluding carboxylic acids is 1. The van der Waals surface area contributed by atoms with Gasteiger partial charge in [0.05, 0.1) is 6.10 Å². The predicted octanol–water partition coefficient (Wildman–Crippen LogP) is 0.817. The summed E-state index contributed by atoms with van der Waals surface area (Å²) in [6.45, 7) is 2.73. The molecule has 122 valence electrons. The van der Waals surface area contributed by atoms with Gasteiger partial charge in [0.2, 0.25) is 5.91 Å². The number of nitrogens with one attached hydrogen (secondary N) is 2. The molecule has 0 aromatic rings. The smallest absolute Gasteiger partial charge is 0.243 e. The molecule has 1 aliphatic carbocycles. The van der Waals surface area contributed by atoms with Crippen LogP contribution in [-0.4, -0.2) is 63.2 Å². The fourth-order valence-electron chi connectivity index (χ4n) is 2.04. The summed E-state index contributed by atoms with van der Waals surface area (Å²) in [4.78, 5) is 17.5. The van der Waals surface area contributed by atoms with Crippen LogP contribution in [0.4, 0.5) is 0 Å². The Kier molecular flexibility index (Phi) is 8.31. The normalized spacial score (nSPS) is 21.6. The van der Waals surface area contributed by atoms with Crippen molar-refractivity contribution in [3.05, 3.63) is 0 Å². The quantitative estimate of drug-likeness (QED) is 0.387. The monoisotopic (exact) mass is 410 g/mol. The highest BCUT2D eigenvalue weighted by Crippen LogP contribution is 2.27. The lowest BCUT2D eigenvalue weighted by Gasteiger charge is -2.16. The van der Waals surface area contributed by atoms with Crippen molar-refractivity contribution in [2.24, 2.45) is 10.9 Å². The van der Waals surface area contributed by atoms with Gasteiger partial charge in [-0.1, -0.05) is 0 Å². The Balaban J connectivity index is 0.00000220. The van der Waals surface area contributed by atoms with E-state index in [1.54, 1.807) is 19.0 Å². The zero-order valence-electron chi connectivity index (χ0n) is 12.9. The molecule has 7 heteroatoms. The van der Waals surface area contributed by atoms with Crippen LogP contribution in [0.3, 0.4) is 0 Å². The fourth-order valence-corrected chi connectivity index (χ4v) is 2.04. The number of rotatable bonds is 6. The van der Waals surface area contributed by atoms with Gasteiger partial charge in [0.15, 0.2) is 5.96 Å². The van der Waals surface area contributed by atoms with Gasteiger partial charge in [0.25, 0.3) is 0 Å². The number of ether oxygens (including phenoxy) is 1. The van der Waals surface area contributed by atoms with Gasteiger partial charge in [0.1, 0.15) is 6.54 Å². The van der Waals surface area contributed by atoms with Gasteiger partial charge in [-0.25, -0.2) is 4.99 Å². The standard InChI is InChI=1S/C14H26N4O2.HI/c1-18(2)13(19)10-17-14(15-8-11-5-6-11)16-9-12-4-3-7-20-12;/h11-12H,3-10H2,1-2H3,(H2,15,16,17);1H. The van der Waals surface area contributed by atoms with Crippen LogP contribution in [0, 0.1) is 5.92 Å². The molecule has 1 amide bonds. The summed E-state index contributed by atoms with van der Waals surface area (Å²) >= 11 is 0. The van der Waals surface area contributed by atoms with Crippen LogP contribution in [0.2, 0.25) is 0 Å². The Hall–Kier alpha value is -0.570. The Bertz CT molecular complexity index is 353. The SMILES string of the molecule is CN(C)C(=O)CN=C(NCC1CC1)NCC1CCCO1.I. The third kappa shape index (κ3) is 7.30. The number of carbonyl (C=O) groups is 1. The van der Waals surface area contributed by atoms with Gasteiger partial charge in [-0.05, 0) is 31.6 Å². The first kappa shape index (κ1) is 18.5. The second-order valence-electron chi connectivity index (χ2n) is 5.79. The molecule has 0 spiro atoms. The summed E-state index contributed by atoms with van der Waals surface area (Å²) in [7, 11) is 3.49. The first-order chi connectivity index (χ1) is 9.65. The van der Waals surface area contributed by atoms with Crippen molar-refractivity contribution in [1.29, 1.82) is 0 Å². The van der Waals surface area contributed by atoms with E-state index in [9.17, 15) is 4.79 Å². The summed E-state index contributed by atoms with van der Waals surface area (Å²) < 4.78 is 5.58. The van der Waals surface area contributed by atoms with E-state index in [0.29, 0.717) is 0 Å². The van der Waals surface area contributed by atoms with E-state index in [1.807, 2.05) is 0 Å². The number of hydrogen-bond acceptors (Lipinski definition) is 3. The molecule has 1 aliphatic heterocycles. The summed E-state index contributed by atoms with van der Waals surface area (Å²) in [6, 6.07) is 0. The summed E-state index contributed by atoms with van der Waals surface area (Å²) in [5.74, 6) is 1.51. The van der Waals surface area contributed by atoms with Gasteiger partial charge < -0.3 is 20.3 Å². The van der Waals surface area contributed by atoms with Crippen LogP contribution in [-0.2, 0) is 9.53 Å². The molecule has 0 radical (unpaired) electrons. The average molecular weight is 410 g/mol. The van der Waals surface area contributed by atoms with E-state index in [1.165, 1.54) is 12.8 Å². The number of halogens is 1. The highest BCUT2D eigenvalue weighted by molar-refractivity contribution is 14.0. The first-order valence-corrected chi connectivity index (χ1v) is 7.49. The number of amides is 1. The Labute approximate surface area is 144 Å². The molecule has 1 saturated carbocycles. The van der Waals surface area contributed by atoms with E-state index in [-0.39, 0.29) is 42.5 Å². The molecule has 1 heterocycles. The van der Waals surface area contributed by atoms with E-state index in [0.717, 1.165) is 44.4 Å². The zero-order chi connectivity index (χ0) is 14.4. The molecule has 0 aromatic carbocycles. The van der Waals surface area contributed by atoms with Crippen LogP contribution >= 0.6 is 24.0 Å². The molecule has 21 heavy (non-hydrogen) atoms. The van der Waals surface area contributed by atoms with Gasteiger partial charge in [-0.3, -0.25) is 4.79 Å². The van der Waals surface area contributed by atoms with E-state index in [2.05, 4.69) is 15.6 Å². The maximum atomic E-state index is 11.6. The minimum absolute atomic E-state index is 0. The molecule has 1 saturated heterocycles. The third-order valence-electron chi connectivity index (χ3n) is 3.65. The number of guanidine groups is 1. The Morgan fingerprint density at radius 1 is 1.24 bits per heavy atom. The summed E-state index contributed by atoms with van der Waals surface area (Å²) in [6.07, 6.45) is 5.09. The van der Waals surface area contributed by atoms with Gasteiger partial charge in [-0.15, -0.1) is 24.0 Å². The molecule has 2 N–H and O–H groups in total. The lowest BCUT2D eigenvalue weighted by atomic mass is 10.2. The molecule has 0 aromatic heterocycles. The van der Waals surface area contributed by atoms with Crippen LogP contribution in [0.1, 0.15) is 25.7 Å². The van der Waals surface area contributed by atoms with Crippen LogP contribution in [0.25, 0.3) is 0 Å².